The van der Waals surface area contributed by atoms with Crippen molar-refractivity contribution in [3.63, 3.8) is 0 Å². The van der Waals surface area contributed by atoms with Crippen molar-refractivity contribution in [1.29, 1.82) is 0 Å². The van der Waals surface area contributed by atoms with Crippen molar-refractivity contribution in [2.24, 2.45) is 0 Å². The van der Waals surface area contributed by atoms with E-state index in [1.807, 2.05) is 0 Å². The maximum Gasteiger partial charge on any atom is 0.0360 e. The highest BCUT2D eigenvalue weighted by Crippen LogP contribution is 2.21. The van der Waals surface area contributed by atoms with Crippen LogP contribution in [0.25, 0.3) is 0 Å². The molecule has 0 radical (unpaired) electrons. The molecular formula is C18H23N. The molecule has 0 saturated carbocycles. The second-order valence-electron chi connectivity index (χ2n) is 5.14. The summed E-state index contributed by atoms with van der Waals surface area (Å²) in [6, 6.07) is 17.9. The normalized spacial score (nSPS) is 12.4. The highest BCUT2D eigenvalue weighted by Gasteiger charge is 2.11. The highest BCUT2D eigenvalue weighted by atomic mass is 14.9. The van der Waals surface area contributed by atoms with Crippen LogP contribution in [0.4, 0.5) is 0 Å². The topological polar surface area (TPSA) is 12.0 Å². The Labute approximate surface area is 116 Å². The molecule has 0 saturated heterocycles. The maximum absolute atomic E-state index is 3.59. The van der Waals surface area contributed by atoms with Crippen molar-refractivity contribution in [2.45, 2.75) is 33.2 Å². The van der Waals surface area contributed by atoms with E-state index in [0.29, 0.717) is 6.04 Å². The van der Waals surface area contributed by atoms with Crippen LogP contribution >= 0.6 is 0 Å². The Morgan fingerprint density at radius 2 is 1.68 bits per heavy atom. The van der Waals surface area contributed by atoms with Gasteiger partial charge in [0.15, 0.2) is 0 Å². The molecule has 1 nitrogen and oxygen atoms in total. The molecule has 2 aromatic rings. The lowest BCUT2D eigenvalue weighted by Crippen LogP contribution is -2.23. The zero-order valence-electron chi connectivity index (χ0n) is 12.1. The third-order valence-electron chi connectivity index (χ3n) is 3.67. The van der Waals surface area contributed by atoms with Crippen molar-refractivity contribution in [2.75, 3.05) is 6.54 Å². The van der Waals surface area contributed by atoms with E-state index in [0.717, 1.165) is 13.0 Å². The SMILES string of the molecule is CCNC(Cc1ccccc1)c1ccc(C)c(C)c1. The van der Waals surface area contributed by atoms with Gasteiger partial charge in [-0.1, -0.05) is 55.5 Å². The quantitative estimate of drug-likeness (QED) is 0.842. The molecule has 0 heterocycles. The first-order chi connectivity index (χ1) is 9.20. The summed E-state index contributed by atoms with van der Waals surface area (Å²) in [5.74, 6) is 0. The first-order valence-corrected chi connectivity index (χ1v) is 7.05. The fourth-order valence-corrected chi connectivity index (χ4v) is 2.39. The minimum atomic E-state index is 0.395. The Hall–Kier alpha value is -1.60. The predicted molar refractivity (Wildman–Crippen MR) is 82.5 cm³/mol. The molecule has 0 aliphatic carbocycles. The molecule has 0 aliphatic heterocycles. The molecule has 0 bridgehead atoms. The zero-order valence-corrected chi connectivity index (χ0v) is 12.1. The lowest BCUT2D eigenvalue weighted by molar-refractivity contribution is 0.549. The Balaban J connectivity index is 2.21. The van der Waals surface area contributed by atoms with Crippen LogP contribution in [0.2, 0.25) is 0 Å². The van der Waals surface area contributed by atoms with E-state index in [4.69, 9.17) is 0 Å². The lowest BCUT2D eigenvalue weighted by Gasteiger charge is -2.19. The van der Waals surface area contributed by atoms with Gasteiger partial charge in [0.25, 0.3) is 0 Å². The van der Waals surface area contributed by atoms with E-state index in [1.165, 1.54) is 22.3 Å². The van der Waals surface area contributed by atoms with Crippen LogP contribution < -0.4 is 5.32 Å². The first kappa shape index (κ1) is 13.8. The molecule has 2 rings (SSSR count). The third kappa shape index (κ3) is 3.68. The van der Waals surface area contributed by atoms with Gasteiger partial charge < -0.3 is 5.32 Å². The number of hydrogen-bond donors (Lipinski definition) is 1. The second-order valence-corrected chi connectivity index (χ2v) is 5.14. The molecule has 1 atom stereocenters. The molecule has 0 amide bonds. The van der Waals surface area contributed by atoms with Gasteiger partial charge in [-0.05, 0) is 49.1 Å². The van der Waals surface area contributed by atoms with Crippen LogP contribution in [0, 0.1) is 13.8 Å². The van der Waals surface area contributed by atoms with Gasteiger partial charge >= 0.3 is 0 Å². The minimum absolute atomic E-state index is 0.395. The molecule has 2 aromatic carbocycles. The van der Waals surface area contributed by atoms with Crippen molar-refractivity contribution in [3.05, 3.63) is 70.8 Å². The Morgan fingerprint density at radius 3 is 2.32 bits per heavy atom. The average molecular weight is 253 g/mol. The Morgan fingerprint density at radius 1 is 0.947 bits per heavy atom. The number of rotatable bonds is 5. The number of nitrogens with one attached hydrogen (secondary N) is 1. The van der Waals surface area contributed by atoms with E-state index in [2.05, 4.69) is 74.6 Å². The van der Waals surface area contributed by atoms with E-state index >= 15 is 0 Å². The third-order valence-corrected chi connectivity index (χ3v) is 3.67. The van der Waals surface area contributed by atoms with Crippen LogP contribution in [0.15, 0.2) is 48.5 Å². The minimum Gasteiger partial charge on any atom is -0.310 e. The maximum atomic E-state index is 3.59. The van der Waals surface area contributed by atoms with Crippen molar-refractivity contribution >= 4 is 0 Å². The summed E-state index contributed by atoms with van der Waals surface area (Å²) < 4.78 is 0. The monoisotopic (exact) mass is 253 g/mol. The molecule has 100 valence electrons. The number of likely N-dealkylation sites (N-methyl/N-ethyl adjacent to an activating group) is 1. The summed E-state index contributed by atoms with van der Waals surface area (Å²) in [7, 11) is 0. The number of benzene rings is 2. The standard InChI is InChI=1S/C18H23N/c1-4-19-18(13-16-8-6-5-7-9-16)17-11-10-14(2)15(3)12-17/h5-12,18-19H,4,13H2,1-3H3. The van der Waals surface area contributed by atoms with Gasteiger partial charge in [-0.15, -0.1) is 0 Å². The fourth-order valence-electron chi connectivity index (χ4n) is 2.39. The van der Waals surface area contributed by atoms with Crippen LogP contribution in [-0.4, -0.2) is 6.54 Å². The van der Waals surface area contributed by atoms with Crippen molar-refractivity contribution in [3.8, 4) is 0 Å². The molecule has 0 aliphatic rings. The second kappa shape index (κ2) is 6.53. The van der Waals surface area contributed by atoms with Crippen molar-refractivity contribution in [1.82, 2.24) is 5.32 Å². The van der Waals surface area contributed by atoms with E-state index in [1.54, 1.807) is 0 Å². The molecule has 19 heavy (non-hydrogen) atoms. The Kier molecular flexibility index (Phi) is 4.75. The van der Waals surface area contributed by atoms with Crippen LogP contribution in [-0.2, 0) is 6.42 Å². The Bertz CT molecular complexity index is 516. The van der Waals surface area contributed by atoms with Crippen LogP contribution in [0.3, 0.4) is 0 Å². The van der Waals surface area contributed by atoms with E-state index in [9.17, 15) is 0 Å². The molecule has 1 heteroatoms. The average Bonchev–Trinajstić information content (AvgIpc) is 2.43. The van der Waals surface area contributed by atoms with Gasteiger partial charge in [0.2, 0.25) is 0 Å². The van der Waals surface area contributed by atoms with Gasteiger partial charge in [-0.3, -0.25) is 0 Å². The summed E-state index contributed by atoms with van der Waals surface area (Å²) >= 11 is 0. The predicted octanol–water partition coefficient (Wildman–Crippen LogP) is 4.20. The zero-order chi connectivity index (χ0) is 13.7. The van der Waals surface area contributed by atoms with Crippen LogP contribution in [0.5, 0.6) is 0 Å². The molecular weight excluding hydrogens is 230 g/mol. The van der Waals surface area contributed by atoms with Gasteiger partial charge in [0, 0.05) is 6.04 Å². The summed E-state index contributed by atoms with van der Waals surface area (Å²) in [6.45, 7) is 7.51. The summed E-state index contributed by atoms with van der Waals surface area (Å²) in [5, 5.41) is 3.59. The molecule has 0 fully saturated rings. The molecule has 0 spiro atoms. The van der Waals surface area contributed by atoms with Crippen LogP contribution in [0.1, 0.15) is 35.2 Å². The molecule has 1 N–H and O–H groups in total. The van der Waals surface area contributed by atoms with Crippen molar-refractivity contribution < 1.29 is 0 Å². The van der Waals surface area contributed by atoms with Gasteiger partial charge in [-0.2, -0.15) is 0 Å². The first-order valence-electron chi connectivity index (χ1n) is 7.05. The van der Waals surface area contributed by atoms with Gasteiger partial charge in [-0.25, -0.2) is 0 Å². The molecule has 0 aromatic heterocycles. The largest absolute Gasteiger partial charge is 0.310 e. The fraction of sp³-hybridized carbons (Fsp3) is 0.333. The molecule has 1 unspecified atom stereocenters. The summed E-state index contributed by atoms with van der Waals surface area (Å²) in [6.07, 6.45) is 1.04. The van der Waals surface area contributed by atoms with Gasteiger partial charge in [0.05, 0.1) is 0 Å². The lowest BCUT2D eigenvalue weighted by atomic mass is 9.96. The van der Waals surface area contributed by atoms with E-state index < -0.39 is 0 Å². The smallest absolute Gasteiger partial charge is 0.0360 e. The number of aryl methyl sites for hydroxylation is 2. The van der Waals surface area contributed by atoms with E-state index in [-0.39, 0.29) is 0 Å². The highest BCUT2D eigenvalue weighted by molar-refractivity contribution is 5.32. The summed E-state index contributed by atoms with van der Waals surface area (Å²) in [5.41, 5.74) is 5.49. The van der Waals surface area contributed by atoms with Gasteiger partial charge in [0.1, 0.15) is 0 Å². The summed E-state index contributed by atoms with van der Waals surface area (Å²) in [4.78, 5) is 0. The number of hydrogen-bond acceptors (Lipinski definition) is 1.